The molecule has 11 heteroatoms. The first kappa shape index (κ1) is 27.5. The standard InChI is InChI=1S/C26H35F3N4O4/c1-14(2)22-19-12-17(26(27,28)29)6-7-18(19)25(37)33(31-22)13-21(36)30-23-20(35)9-11-32(10-8-15(3)34)24(23)16-4-5-16/h6-7,12,14-16,20,23-24,34-35H,4-5,8-11,13H2,1-3H3,(H,30,36)/t15-,20-,23-,24?/m1/s1. The lowest BCUT2D eigenvalue weighted by Crippen LogP contribution is -2.63. The van der Waals surface area contributed by atoms with Crippen molar-refractivity contribution in [3.05, 3.63) is 39.8 Å². The molecule has 1 unspecified atom stereocenters. The van der Waals surface area contributed by atoms with Crippen LogP contribution in [0.3, 0.4) is 0 Å². The van der Waals surface area contributed by atoms with Crippen LogP contribution in [0.5, 0.6) is 0 Å². The van der Waals surface area contributed by atoms with E-state index in [1.54, 1.807) is 20.8 Å². The molecule has 4 atom stereocenters. The fourth-order valence-electron chi connectivity index (χ4n) is 5.29. The van der Waals surface area contributed by atoms with E-state index in [2.05, 4.69) is 15.3 Å². The van der Waals surface area contributed by atoms with E-state index in [0.29, 0.717) is 37.5 Å². The van der Waals surface area contributed by atoms with Crippen LogP contribution in [0.15, 0.2) is 23.0 Å². The maximum atomic E-state index is 13.3. The topological polar surface area (TPSA) is 108 Å². The SMILES string of the molecule is CC(C)c1nn(CC(=O)N[C@H]2C(C3CC3)N(CC[C@@H](C)O)CC[C@H]2O)c(=O)c2ccc(C(F)(F)F)cc12. The van der Waals surface area contributed by atoms with Gasteiger partial charge in [0.05, 0.1) is 34.9 Å². The van der Waals surface area contributed by atoms with E-state index in [9.17, 15) is 33.0 Å². The summed E-state index contributed by atoms with van der Waals surface area (Å²) in [5.74, 6) is -0.448. The highest BCUT2D eigenvalue weighted by atomic mass is 19.4. The van der Waals surface area contributed by atoms with Crippen molar-refractivity contribution in [2.75, 3.05) is 13.1 Å². The molecule has 1 aliphatic heterocycles. The molecule has 3 N–H and O–H groups in total. The Hall–Kier alpha value is -2.50. The van der Waals surface area contributed by atoms with E-state index in [1.165, 1.54) is 0 Å². The van der Waals surface area contributed by atoms with Gasteiger partial charge in [-0.1, -0.05) is 13.8 Å². The first-order valence-corrected chi connectivity index (χ1v) is 12.9. The zero-order valence-electron chi connectivity index (χ0n) is 21.3. The van der Waals surface area contributed by atoms with Crippen LogP contribution in [0.25, 0.3) is 10.8 Å². The second-order valence-electron chi connectivity index (χ2n) is 10.7. The monoisotopic (exact) mass is 524 g/mol. The first-order valence-electron chi connectivity index (χ1n) is 12.9. The van der Waals surface area contributed by atoms with E-state index < -0.39 is 48.0 Å². The number of benzene rings is 1. The molecular weight excluding hydrogens is 489 g/mol. The van der Waals surface area contributed by atoms with E-state index in [-0.39, 0.29) is 22.7 Å². The molecule has 8 nitrogen and oxygen atoms in total. The van der Waals surface area contributed by atoms with Gasteiger partial charge in [0.1, 0.15) is 6.54 Å². The summed E-state index contributed by atoms with van der Waals surface area (Å²) in [6.45, 7) is 6.17. The normalized spacial score (nSPS) is 24.0. The third kappa shape index (κ3) is 6.15. The molecule has 1 saturated heterocycles. The Morgan fingerprint density at radius 1 is 1.19 bits per heavy atom. The Kier molecular flexibility index (Phi) is 7.96. The third-order valence-electron chi connectivity index (χ3n) is 7.34. The van der Waals surface area contributed by atoms with Gasteiger partial charge in [-0.25, -0.2) is 4.68 Å². The lowest BCUT2D eigenvalue weighted by molar-refractivity contribution is -0.137. The van der Waals surface area contributed by atoms with Gasteiger partial charge in [-0.05, 0) is 62.6 Å². The molecule has 2 fully saturated rings. The van der Waals surface area contributed by atoms with Crippen LogP contribution in [0.4, 0.5) is 13.2 Å². The molecule has 1 aromatic carbocycles. The third-order valence-corrected chi connectivity index (χ3v) is 7.34. The van der Waals surface area contributed by atoms with Gasteiger partial charge in [-0.2, -0.15) is 18.3 Å². The minimum Gasteiger partial charge on any atom is -0.393 e. The summed E-state index contributed by atoms with van der Waals surface area (Å²) in [5, 5.41) is 27.9. The summed E-state index contributed by atoms with van der Waals surface area (Å²) >= 11 is 0. The van der Waals surface area contributed by atoms with Crippen molar-refractivity contribution >= 4 is 16.7 Å². The van der Waals surface area contributed by atoms with Crippen molar-refractivity contribution in [3.8, 4) is 0 Å². The van der Waals surface area contributed by atoms with Crippen LogP contribution in [-0.2, 0) is 17.5 Å². The number of carbonyl (C=O) groups excluding carboxylic acids is 1. The van der Waals surface area contributed by atoms with E-state index in [1.807, 2.05) is 0 Å². The number of halogens is 3. The zero-order valence-corrected chi connectivity index (χ0v) is 21.3. The molecule has 0 radical (unpaired) electrons. The quantitative estimate of drug-likeness (QED) is 0.490. The number of hydrogen-bond donors (Lipinski definition) is 3. The smallest absolute Gasteiger partial charge is 0.393 e. The fourth-order valence-corrected chi connectivity index (χ4v) is 5.29. The molecule has 4 rings (SSSR count). The number of rotatable bonds is 8. The minimum atomic E-state index is -4.56. The number of carbonyl (C=O) groups is 1. The number of nitrogens with one attached hydrogen (secondary N) is 1. The lowest BCUT2D eigenvalue weighted by atomic mass is 9.89. The molecule has 2 heterocycles. The maximum absolute atomic E-state index is 13.3. The van der Waals surface area contributed by atoms with Crippen molar-refractivity contribution in [1.82, 2.24) is 20.0 Å². The van der Waals surface area contributed by atoms with Gasteiger partial charge in [0, 0.05) is 24.5 Å². The molecule has 2 aromatic rings. The number of fused-ring (bicyclic) bond motifs is 1. The van der Waals surface area contributed by atoms with Crippen LogP contribution in [0.1, 0.15) is 63.6 Å². The number of nitrogens with zero attached hydrogens (tertiary/aromatic N) is 3. The molecule has 2 aliphatic rings. The molecule has 0 bridgehead atoms. The summed E-state index contributed by atoms with van der Waals surface area (Å²) in [6.07, 6.45) is -2.69. The van der Waals surface area contributed by atoms with Gasteiger partial charge in [-0.3, -0.25) is 14.5 Å². The summed E-state index contributed by atoms with van der Waals surface area (Å²) in [6, 6.07) is 2.33. The van der Waals surface area contributed by atoms with Gasteiger partial charge in [-0.15, -0.1) is 0 Å². The van der Waals surface area contributed by atoms with Gasteiger partial charge in [0.2, 0.25) is 5.91 Å². The average molecular weight is 525 g/mol. The summed E-state index contributed by atoms with van der Waals surface area (Å²) in [4.78, 5) is 28.4. The highest BCUT2D eigenvalue weighted by Gasteiger charge is 2.46. The van der Waals surface area contributed by atoms with Gasteiger partial charge in [0.25, 0.3) is 5.56 Å². The molecule has 0 spiro atoms. The number of hydrogen-bond acceptors (Lipinski definition) is 6. The fraction of sp³-hybridized carbons (Fsp3) is 0.654. The Balaban J connectivity index is 1.59. The summed E-state index contributed by atoms with van der Waals surface area (Å²) < 4.78 is 40.8. The molecule has 1 amide bonds. The predicted octanol–water partition coefficient (Wildman–Crippen LogP) is 2.64. The largest absolute Gasteiger partial charge is 0.416 e. The Bertz CT molecular complexity index is 1190. The predicted molar refractivity (Wildman–Crippen MR) is 132 cm³/mol. The van der Waals surface area contributed by atoms with Gasteiger partial charge in [0.15, 0.2) is 0 Å². The molecule has 1 aliphatic carbocycles. The molecule has 1 saturated carbocycles. The van der Waals surface area contributed by atoms with E-state index in [4.69, 9.17) is 0 Å². The maximum Gasteiger partial charge on any atom is 0.416 e. The molecule has 204 valence electrons. The Morgan fingerprint density at radius 3 is 2.49 bits per heavy atom. The number of aliphatic hydroxyl groups is 2. The number of aliphatic hydroxyl groups excluding tert-OH is 2. The number of alkyl halides is 3. The van der Waals surface area contributed by atoms with Crippen molar-refractivity contribution in [2.45, 2.75) is 89.4 Å². The average Bonchev–Trinajstić information content (AvgIpc) is 3.65. The van der Waals surface area contributed by atoms with Crippen LogP contribution >= 0.6 is 0 Å². The van der Waals surface area contributed by atoms with Crippen LogP contribution in [0.2, 0.25) is 0 Å². The second-order valence-corrected chi connectivity index (χ2v) is 10.7. The Labute approximate surface area is 213 Å². The van der Waals surface area contributed by atoms with E-state index >= 15 is 0 Å². The van der Waals surface area contributed by atoms with Crippen molar-refractivity contribution in [3.63, 3.8) is 0 Å². The van der Waals surface area contributed by atoms with Crippen molar-refractivity contribution in [1.29, 1.82) is 0 Å². The van der Waals surface area contributed by atoms with Crippen LogP contribution in [0, 0.1) is 5.92 Å². The van der Waals surface area contributed by atoms with Crippen molar-refractivity contribution in [2.24, 2.45) is 5.92 Å². The summed E-state index contributed by atoms with van der Waals surface area (Å²) in [7, 11) is 0. The van der Waals surface area contributed by atoms with Gasteiger partial charge < -0.3 is 15.5 Å². The first-order chi connectivity index (χ1) is 17.4. The summed E-state index contributed by atoms with van der Waals surface area (Å²) in [5.41, 5.74) is -1.22. The minimum absolute atomic E-state index is 0.0670. The number of amides is 1. The highest BCUT2D eigenvalue weighted by molar-refractivity contribution is 5.85. The van der Waals surface area contributed by atoms with Crippen molar-refractivity contribution < 1.29 is 28.2 Å². The van der Waals surface area contributed by atoms with E-state index in [0.717, 1.165) is 35.7 Å². The molecule has 1 aromatic heterocycles. The van der Waals surface area contributed by atoms with Crippen LogP contribution in [-0.4, -0.2) is 68.2 Å². The number of piperidine rings is 1. The molecular formula is C26H35F3N4O4. The highest BCUT2D eigenvalue weighted by Crippen LogP contribution is 2.40. The number of likely N-dealkylation sites (tertiary alicyclic amines) is 1. The van der Waals surface area contributed by atoms with Crippen LogP contribution < -0.4 is 10.9 Å². The number of aromatic nitrogens is 2. The second kappa shape index (κ2) is 10.7. The Morgan fingerprint density at radius 2 is 1.89 bits per heavy atom. The molecule has 37 heavy (non-hydrogen) atoms. The zero-order chi connectivity index (χ0) is 27.1. The van der Waals surface area contributed by atoms with Gasteiger partial charge >= 0.3 is 6.18 Å². The lowest BCUT2D eigenvalue weighted by Gasteiger charge is -2.44.